The van der Waals surface area contributed by atoms with Crippen LogP contribution in [-0.4, -0.2) is 20.9 Å². The molecule has 0 aliphatic heterocycles. The van der Waals surface area contributed by atoms with Crippen LogP contribution in [-0.2, 0) is 0 Å². The van der Waals surface area contributed by atoms with E-state index in [4.69, 9.17) is 11.6 Å². The van der Waals surface area contributed by atoms with Gasteiger partial charge in [-0.3, -0.25) is 9.20 Å². The van der Waals surface area contributed by atoms with Crippen LogP contribution in [0.1, 0.15) is 10.4 Å². The molecule has 0 aliphatic carbocycles. The number of rotatable bonds is 2. The Labute approximate surface area is 105 Å². The Kier molecular flexibility index (Phi) is 2.42. The van der Waals surface area contributed by atoms with Gasteiger partial charge in [0.05, 0.1) is 9.21 Å². The quantitative estimate of drug-likeness (QED) is 0.668. The number of aromatic nitrogens is 3. The van der Waals surface area contributed by atoms with Crippen LogP contribution < -0.4 is 0 Å². The van der Waals surface area contributed by atoms with E-state index in [-0.39, 0.29) is 0 Å². The fraction of sp³-hybridized carbons (Fsp3) is 0. The van der Waals surface area contributed by atoms with E-state index in [0.29, 0.717) is 21.4 Å². The summed E-state index contributed by atoms with van der Waals surface area (Å²) >= 11 is 7.32. The fourth-order valence-corrected chi connectivity index (χ4v) is 2.60. The number of carbonyl (C=O) groups is 1. The molecule has 0 atom stereocenters. The first-order chi connectivity index (χ1) is 8.28. The third kappa shape index (κ3) is 1.73. The van der Waals surface area contributed by atoms with Crippen LogP contribution in [0.3, 0.4) is 0 Å². The van der Waals surface area contributed by atoms with Gasteiger partial charge in [-0.2, -0.15) is 0 Å². The van der Waals surface area contributed by atoms with Gasteiger partial charge in [-0.15, -0.1) is 21.5 Å². The highest BCUT2D eigenvalue weighted by molar-refractivity contribution is 7.19. The summed E-state index contributed by atoms with van der Waals surface area (Å²) in [5.41, 5.74) is 1.29. The fourth-order valence-electron chi connectivity index (χ4n) is 1.58. The molecule has 0 spiro atoms. The first-order valence-electron chi connectivity index (χ1n) is 4.83. The Morgan fingerprint density at radius 3 is 2.82 bits per heavy atom. The van der Waals surface area contributed by atoms with Gasteiger partial charge < -0.3 is 0 Å². The number of fused-ring (bicyclic) bond motifs is 1. The van der Waals surface area contributed by atoms with E-state index in [1.165, 1.54) is 11.3 Å². The van der Waals surface area contributed by atoms with E-state index in [1.807, 2.05) is 12.1 Å². The SMILES string of the molecule is O=Cc1ccc2nnc(-c3ccc(Cl)s3)n2c1. The maximum absolute atomic E-state index is 10.8. The lowest BCUT2D eigenvalue weighted by Gasteiger charge is -1.97. The second-order valence-corrected chi connectivity index (χ2v) is 5.15. The van der Waals surface area contributed by atoms with Gasteiger partial charge in [0, 0.05) is 11.8 Å². The molecule has 3 aromatic heterocycles. The van der Waals surface area contributed by atoms with Crippen molar-refractivity contribution in [3.8, 4) is 10.7 Å². The highest BCUT2D eigenvalue weighted by Crippen LogP contribution is 2.29. The minimum Gasteiger partial charge on any atom is -0.298 e. The monoisotopic (exact) mass is 263 g/mol. The van der Waals surface area contributed by atoms with Crippen LogP contribution >= 0.6 is 22.9 Å². The van der Waals surface area contributed by atoms with E-state index >= 15 is 0 Å². The van der Waals surface area contributed by atoms with Gasteiger partial charge in [-0.25, -0.2) is 0 Å². The minimum absolute atomic E-state index is 0.584. The molecule has 84 valence electrons. The molecule has 0 aliphatic rings. The van der Waals surface area contributed by atoms with Crippen molar-refractivity contribution in [2.75, 3.05) is 0 Å². The number of halogens is 1. The summed E-state index contributed by atoms with van der Waals surface area (Å²) in [4.78, 5) is 11.7. The molecule has 6 heteroatoms. The van der Waals surface area contributed by atoms with Gasteiger partial charge in [0.15, 0.2) is 17.8 Å². The largest absolute Gasteiger partial charge is 0.298 e. The molecule has 4 nitrogen and oxygen atoms in total. The molecule has 0 saturated carbocycles. The molecule has 0 radical (unpaired) electrons. The smallest absolute Gasteiger partial charge is 0.178 e. The van der Waals surface area contributed by atoms with Gasteiger partial charge in [0.25, 0.3) is 0 Å². The molecule has 3 aromatic rings. The zero-order valence-corrected chi connectivity index (χ0v) is 10.1. The van der Waals surface area contributed by atoms with Gasteiger partial charge in [-0.1, -0.05) is 11.6 Å². The summed E-state index contributed by atoms with van der Waals surface area (Å²) in [5.74, 6) is 0.695. The summed E-state index contributed by atoms with van der Waals surface area (Å²) in [6.45, 7) is 0. The molecule has 17 heavy (non-hydrogen) atoms. The van der Waals surface area contributed by atoms with Gasteiger partial charge >= 0.3 is 0 Å². The summed E-state index contributed by atoms with van der Waals surface area (Å²) in [5, 5.41) is 8.14. The molecule has 0 fully saturated rings. The van der Waals surface area contributed by atoms with Crippen molar-refractivity contribution in [1.82, 2.24) is 14.6 Å². The molecule has 0 saturated heterocycles. The third-order valence-corrected chi connectivity index (χ3v) is 3.58. The lowest BCUT2D eigenvalue weighted by Crippen LogP contribution is -1.90. The summed E-state index contributed by atoms with van der Waals surface area (Å²) in [7, 11) is 0. The van der Waals surface area contributed by atoms with E-state index < -0.39 is 0 Å². The molecule has 0 N–H and O–H groups in total. The summed E-state index contributed by atoms with van der Waals surface area (Å²) in [6.07, 6.45) is 2.51. The average Bonchev–Trinajstić information content (AvgIpc) is 2.93. The van der Waals surface area contributed by atoms with Gasteiger partial charge in [0.2, 0.25) is 0 Å². The minimum atomic E-state index is 0.584. The Balaban J connectivity index is 2.26. The molecule has 3 rings (SSSR count). The zero-order chi connectivity index (χ0) is 11.8. The average molecular weight is 264 g/mol. The molecule has 0 aromatic carbocycles. The maximum atomic E-state index is 10.8. The lowest BCUT2D eigenvalue weighted by molar-refractivity contribution is 0.112. The second kappa shape index (κ2) is 3.94. The van der Waals surface area contributed by atoms with Crippen LogP contribution in [0.4, 0.5) is 0 Å². The van der Waals surface area contributed by atoms with Crippen LogP contribution in [0.15, 0.2) is 30.5 Å². The topological polar surface area (TPSA) is 47.3 Å². The number of carbonyl (C=O) groups excluding carboxylic acids is 1. The van der Waals surface area contributed by atoms with Crippen molar-refractivity contribution in [1.29, 1.82) is 0 Å². The number of hydrogen-bond donors (Lipinski definition) is 0. The summed E-state index contributed by atoms with van der Waals surface area (Å²) in [6, 6.07) is 7.17. The number of pyridine rings is 1. The number of aldehydes is 1. The van der Waals surface area contributed by atoms with Crippen LogP contribution in [0.25, 0.3) is 16.3 Å². The van der Waals surface area contributed by atoms with Crippen molar-refractivity contribution in [2.24, 2.45) is 0 Å². The summed E-state index contributed by atoms with van der Waals surface area (Å²) < 4.78 is 2.48. The lowest BCUT2D eigenvalue weighted by atomic mass is 10.3. The van der Waals surface area contributed by atoms with Crippen LogP contribution in [0.5, 0.6) is 0 Å². The van der Waals surface area contributed by atoms with Crippen LogP contribution in [0, 0.1) is 0 Å². The second-order valence-electron chi connectivity index (χ2n) is 3.44. The van der Waals surface area contributed by atoms with E-state index in [2.05, 4.69) is 10.2 Å². The normalized spacial score (nSPS) is 10.9. The Morgan fingerprint density at radius 2 is 2.12 bits per heavy atom. The van der Waals surface area contributed by atoms with Crippen molar-refractivity contribution in [3.05, 3.63) is 40.4 Å². The maximum Gasteiger partial charge on any atom is 0.178 e. The molecular formula is C11H6ClN3OS. The Morgan fingerprint density at radius 1 is 1.24 bits per heavy atom. The Hall–Kier alpha value is -1.72. The third-order valence-electron chi connectivity index (χ3n) is 2.35. The molecule has 0 amide bonds. The highest BCUT2D eigenvalue weighted by Gasteiger charge is 2.10. The van der Waals surface area contributed by atoms with Gasteiger partial charge in [-0.05, 0) is 24.3 Å². The van der Waals surface area contributed by atoms with E-state index in [9.17, 15) is 4.79 Å². The highest BCUT2D eigenvalue weighted by atomic mass is 35.5. The molecule has 0 unspecified atom stereocenters. The Bertz CT molecular complexity index is 704. The standard InChI is InChI=1S/C11H6ClN3OS/c12-9-3-2-8(17-9)11-14-13-10-4-1-7(6-16)5-15(10)11/h1-6H. The van der Waals surface area contributed by atoms with Crippen molar-refractivity contribution in [2.45, 2.75) is 0 Å². The van der Waals surface area contributed by atoms with Crippen molar-refractivity contribution < 1.29 is 4.79 Å². The predicted octanol–water partition coefficient (Wildman–Crippen LogP) is 2.92. The molecular weight excluding hydrogens is 258 g/mol. The number of nitrogens with zero attached hydrogens (tertiary/aromatic N) is 3. The van der Waals surface area contributed by atoms with Gasteiger partial charge in [0.1, 0.15) is 0 Å². The van der Waals surface area contributed by atoms with E-state index in [0.717, 1.165) is 11.2 Å². The number of thiophene rings is 1. The first kappa shape index (κ1) is 10.4. The first-order valence-corrected chi connectivity index (χ1v) is 6.03. The zero-order valence-electron chi connectivity index (χ0n) is 8.50. The van der Waals surface area contributed by atoms with E-state index in [1.54, 1.807) is 22.7 Å². The van der Waals surface area contributed by atoms with Crippen molar-refractivity contribution >= 4 is 34.9 Å². The van der Waals surface area contributed by atoms with Crippen molar-refractivity contribution in [3.63, 3.8) is 0 Å². The number of hydrogen-bond acceptors (Lipinski definition) is 4. The predicted molar refractivity (Wildman–Crippen MR) is 66.7 cm³/mol. The molecule has 0 bridgehead atoms. The van der Waals surface area contributed by atoms with Crippen LogP contribution in [0.2, 0.25) is 4.34 Å². The molecule has 3 heterocycles.